The first kappa shape index (κ1) is 22.7. The quantitative estimate of drug-likeness (QED) is 0.188. The summed E-state index contributed by atoms with van der Waals surface area (Å²) in [5.41, 5.74) is 2.51. The maximum Gasteiger partial charge on any atom is 0.0344 e. The van der Waals surface area contributed by atoms with Gasteiger partial charge in [0, 0.05) is 24.3 Å². The molecular formula is C24H18Cl2N2P2Zr. The van der Waals surface area contributed by atoms with E-state index >= 15 is 0 Å². The third-order valence-electron chi connectivity index (χ3n) is 4.81. The summed E-state index contributed by atoms with van der Waals surface area (Å²) in [7, 11) is 12.4. The van der Waals surface area contributed by atoms with Gasteiger partial charge in [0.25, 0.3) is 0 Å². The van der Waals surface area contributed by atoms with Gasteiger partial charge in [-0.3, -0.25) is 0 Å². The average molecular weight is 559 g/mol. The first-order valence-electron chi connectivity index (χ1n) is 9.52. The smallest absolute Gasteiger partial charge is 0.0344 e. The van der Waals surface area contributed by atoms with E-state index in [1.807, 2.05) is 0 Å². The molecule has 0 unspecified atom stereocenters. The molecule has 0 spiro atoms. The van der Waals surface area contributed by atoms with Crippen molar-refractivity contribution in [3.63, 3.8) is 0 Å². The number of nitrogens with zero attached hydrogens (tertiary/aromatic N) is 2. The van der Waals surface area contributed by atoms with Gasteiger partial charge >= 0.3 is 37.9 Å². The molecule has 31 heavy (non-hydrogen) atoms. The Morgan fingerprint density at radius 2 is 1.10 bits per heavy atom. The van der Waals surface area contributed by atoms with E-state index in [4.69, 9.17) is 17.0 Å². The van der Waals surface area contributed by atoms with Gasteiger partial charge < -0.3 is 9.13 Å². The van der Waals surface area contributed by atoms with Crippen LogP contribution in [0.5, 0.6) is 0 Å². The zero-order chi connectivity index (χ0) is 21.5. The van der Waals surface area contributed by atoms with Gasteiger partial charge in [0.05, 0.1) is 0 Å². The molecule has 0 saturated carbocycles. The topological polar surface area (TPSA) is 9.86 Å². The van der Waals surface area contributed by atoms with E-state index in [9.17, 15) is 0 Å². The molecule has 0 radical (unpaired) electrons. The Bertz CT molecular complexity index is 1170. The maximum absolute atomic E-state index is 4.93. The van der Waals surface area contributed by atoms with E-state index in [1.165, 1.54) is 49.3 Å². The molecular weight excluding hydrogens is 540 g/mol. The molecule has 0 amide bonds. The van der Waals surface area contributed by atoms with Crippen molar-refractivity contribution < 1.29 is 20.8 Å². The Morgan fingerprint density at radius 1 is 0.677 bits per heavy atom. The van der Waals surface area contributed by atoms with Gasteiger partial charge in [-0.15, -0.1) is 82.2 Å². The number of hydrogen-bond acceptors (Lipinski definition) is 0. The van der Waals surface area contributed by atoms with Crippen molar-refractivity contribution >= 4 is 55.0 Å². The second-order valence-electron chi connectivity index (χ2n) is 6.70. The van der Waals surface area contributed by atoms with E-state index in [0.29, 0.717) is 0 Å². The summed E-state index contributed by atoms with van der Waals surface area (Å²) < 4.78 is 4.34. The predicted octanol–water partition coefficient (Wildman–Crippen LogP) is 9.24. The zero-order valence-corrected chi connectivity index (χ0v) is 22.2. The summed E-state index contributed by atoms with van der Waals surface area (Å²) >= 11 is -0.826. The number of halogens is 2. The third-order valence-corrected chi connectivity index (χ3v) is 6.19. The van der Waals surface area contributed by atoms with E-state index in [2.05, 4.69) is 118 Å². The molecule has 0 aliphatic carbocycles. The van der Waals surface area contributed by atoms with Crippen LogP contribution < -0.4 is 0 Å². The molecule has 0 N–H and O–H groups in total. The van der Waals surface area contributed by atoms with Gasteiger partial charge in [-0.1, -0.05) is 28.5 Å². The van der Waals surface area contributed by atoms with Crippen LogP contribution in [0.2, 0.25) is 0 Å². The summed E-state index contributed by atoms with van der Waals surface area (Å²) in [5, 5.41) is 5.25. The molecule has 0 saturated heterocycles. The summed E-state index contributed by atoms with van der Waals surface area (Å²) in [6.07, 6.45) is 4.21. The molecule has 0 atom stereocenters. The second-order valence-corrected chi connectivity index (χ2v) is 12.1. The summed E-state index contributed by atoms with van der Waals surface area (Å²) in [6.45, 7) is 0. The summed E-state index contributed by atoms with van der Waals surface area (Å²) in [5.74, 6) is 8.59. The van der Waals surface area contributed by atoms with E-state index in [-0.39, 0.29) is 0 Å². The van der Waals surface area contributed by atoms with E-state index < -0.39 is 20.8 Å². The van der Waals surface area contributed by atoms with Crippen molar-refractivity contribution in [2.45, 2.75) is 0 Å². The molecule has 0 aliphatic heterocycles. The van der Waals surface area contributed by atoms with Crippen LogP contribution in [0.4, 0.5) is 0 Å². The molecule has 2 nitrogen and oxygen atoms in total. The van der Waals surface area contributed by atoms with Crippen molar-refractivity contribution in [2.24, 2.45) is 0 Å². The molecule has 0 fully saturated rings. The van der Waals surface area contributed by atoms with Crippen LogP contribution in [0.15, 0.2) is 109 Å². The monoisotopic (exact) mass is 556 g/mol. The van der Waals surface area contributed by atoms with Crippen molar-refractivity contribution in [1.29, 1.82) is 0 Å². The predicted molar refractivity (Wildman–Crippen MR) is 134 cm³/mol. The SMILES string of the molecule is [Cl][Zr+2][Cl].c1ccc2[cH-]c(-n3ccpc3)cc2c1.c1ccc2[cH-]c(-n3ccpc3)cc2c1. The molecule has 0 bridgehead atoms. The number of benzene rings is 2. The number of rotatable bonds is 2. The Kier molecular flexibility index (Phi) is 8.37. The largest absolute Gasteiger partial charge is 0.338 e. The normalized spacial score (nSPS) is 10.6. The van der Waals surface area contributed by atoms with Crippen molar-refractivity contribution in [3.05, 3.63) is 109 Å². The fourth-order valence-corrected chi connectivity index (χ4v) is 4.69. The first-order valence-corrected chi connectivity index (χ1v) is 17.9. The fraction of sp³-hybridized carbons (Fsp3) is 0. The van der Waals surface area contributed by atoms with Crippen LogP contribution in [-0.4, -0.2) is 9.13 Å². The molecule has 6 aromatic rings. The number of aromatic nitrogens is 2. The van der Waals surface area contributed by atoms with Crippen LogP contribution >= 0.6 is 33.4 Å². The number of fused-ring (bicyclic) bond motifs is 2. The molecule has 0 aliphatic rings. The van der Waals surface area contributed by atoms with Gasteiger partial charge in [-0.2, -0.15) is 0 Å². The minimum Gasteiger partial charge on any atom is -0.338 e. The fourth-order valence-electron chi connectivity index (χ4n) is 3.39. The molecule has 4 aromatic carbocycles. The number of hydrogen-bond donors (Lipinski definition) is 0. The van der Waals surface area contributed by atoms with Gasteiger partial charge in [0.15, 0.2) is 0 Å². The van der Waals surface area contributed by atoms with Crippen molar-refractivity contribution in [2.75, 3.05) is 0 Å². The summed E-state index contributed by atoms with van der Waals surface area (Å²) in [4.78, 5) is 0. The Hall–Kier alpha value is -1.46. The average Bonchev–Trinajstić information content (AvgIpc) is 3.60. The Morgan fingerprint density at radius 3 is 1.45 bits per heavy atom. The van der Waals surface area contributed by atoms with Crippen LogP contribution in [0.25, 0.3) is 32.9 Å². The maximum atomic E-state index is 4.93. The van der Waals surface area contributed by atoms with Gasteiger partial charge in [0.1, 0.15) is 0 Å². The zero-order valence-electron chi connectivity index (χ0n) is 16.4. The first-order chi connectivity index (χ1) is 15.3. The van der Waals surface area contributed by atoms with Crippen LogP contribution in [0, 0.1) is 0 Å². The van der Waals surface area contributed by atoms with Gasteiger partial charge in [-0.05, 0) is 23.0 Å². The minimum atomic E-state index is -0.826. The van der Waals surface area contributed by atoms with Crippen LogP contribution in [0.1, 0.15) is 0 Å². The van der Waals surface area contributed by atoms with Gasteiger partial charge in [-0.25, -0.2) is 0 Å². The van der Waals surface area contributed by atoms with Crippen LogP contribution in [0.3, 0.4) is 0 Å². The Balaban J connectivity index is 0.000000133. The summed E-state index contributed by atoms with van der Waals surface area (Å²) in [6, 6.07) is 25.8. The molecule has 7 heteroatoms. The second kappa shape index (κ2) is 11.4. The van der Waals surface area contributed by atoms with Gasteiger partial charge in [0.2, 0.25) is 0 Å². The molecule has 6 rings (SSSR count). The third kappa shape index (κ3) is 5.87. The van der Waals surface area contributed by atoms with Crippen molar-refractivity contribution in [3.8, 4) is 11.4 Å². The van der Waals surface area contributed by atoms with Crippen LogP contribution in [-0.2, 0) is 20.8 Å². The van der Waals surface area contributed by atoms with Crippen molar-refractivity contribution in [1.82, 2.24) is 9.13 Å². The standard InChI is InChI=1S/2C12H9NP.2ClH.Zr/c2*1-2-4-11-8-12(7-10(11)3-1)13-5-6-14-9-13;;;/h2*1-9H;2*1H;/q2*-1;;;+4/p-2. The van der Waals surface area contributed by atoms with E-state index in [1.54, 1.807) is 0 Å². The molecule has 2 heterocycles. The van der Waals surface area contributed by atoms with E-state index in [0.717, 1.165) is 0 Å². The molecule has 2 aromatic heterocycles. The molecule has 152 valence electrons. The Labute approximate surface area is 203 Å². The minimum absolute atomic E-state index is 0.826.